The van der Waals surface area contributed by atoms with Crippen molar-refractivity contribution in [3.8, 4) is 5.75 Å². The van der Waals surface area contributed by atoms with Crippen molar-refractivity contribution < 1.29 is 23.4 Å². The Morgan fingerprint density at radius 1 is 1.31 bits per heavy atom. The predicted molar refractivity (Wildman–Crippen MR) is 51.7 cm³/mol. The smallest absolute Gasteiger partial charge is 0.403 e. The third-order valence-electron chi connectivity index (χ3n) is 2.15. The summed E-state index contributed by atoms with van der Waals surface area (Å²) in [6.45, 7) is 0. The molecule has 0 radical (unpaired) electrons. The van der Waals surface area contributed by atoms with Gasteiger partial charge in [0.1, 0.15) is 11.8 Å². The zero-order chi connectivity index (χ0) is 12.3. The van der Waals surface area contributed by atoms with Gasteiger partial charge in [0.2, 0.25) is 0 Å². The van der Waals surface area contributed by atoms with Crippen LogP contribution in [0.1, 0.15) is 18.1 Å². The summed E-state index contributed by atoms with van der Waals surface area (Å²) >= 11 is 0. The number of halogens is 3. The maximum absolute atomic E-state index is 12.1. The number of rotatable bonds is 3. The lowest BCUT2D eigenvalue weighted by molar-refractivity contribution is -0.153. The quantitative estimate of drug-likeness (QED) is 0.747. The van der Waals surface area contributed by atoms with Gasteiger partial charge < -0.3 is 15.9 Å². The summed E-state index contributed by atoms with van der Waals surface area (Å²) in [5, 5.41) is 18.6. The number of alkyl halides is 3. The number of benzene rings is 1. The minimum absolute atomic E-state index is 0.114. The molecule has 0 aliphatic carbocycles. The standard InChI is InChI=1S/C10H12F3NO2/c11-10(12,13)9(14)5-8(16)6-2-1-3-7(15)4-6/h1-4,8-9,15-16H,5,14H2/t8-,9+/m0/s1. The Bertz CT molecular complexity index is 354. The van der Waals surface area contributed by atoms with Crippen LogP contribution >= 0.6 is 0 Å². The van der Waals surface area contributed by atoms with Crippen LogP contribution in [0.15, 0.2) is 24.3 Å². The molecule has 4 N–H and O–H groups in total. The molecule has 1 aromatic rings. The molecule has 0 aliphatic rings. The fourth-order valence-electron chi connectivity index (χ4n) is 1.24. The molecule has 90 valence electrons. The average molecular weight is 235 g/mol. The van der Waals surface area contributed by atoms with Gasteiger partial charge in [0.25, 0.3) is 0 Å². The van der Waals surface area contributed by atoms with E-state index in [1.165, 1.54) is 24.3 Å². The van der Waals surface area contributed by atoms with E-state index in [0.717, 1.165) is 0 Å². The van der Waals surface area contributed by atoms with Gasteiger partial charge in [-0.15, -0.1) is 0 Å². The fraction of sp³-hybridized carbons (Fsp3) is 0.400. The Kier molecular flexibility index (Phi) is 3.77. The van der Waals surface area contributed by atoms with Gasteiger partial charge in [0.15, 0.2) is 0 Å². The van der Waals surface area contributed by atoms with E-state index in [1.807, 2.05) is 0 Å². The molecule has 0 saturated heterocycles. The van der Waals surface area contributed by atoms with E-state index < -0.39 is 24.7 Å². The van der Waals surface area contributed by atoms with E-state index in [0.29, 0.717) is 0 Å². The van der Waals surface area contributed by atoms with Gasteiger partial charge in [-0.1, -0.05) is 12.1 Å². The molecule has 0 aromatic heterocycles. The van der Waals surface area contributed by atoms with Crippen LogP contribution in [0.2, 0.25) is 0 Å². The number of aliphatic hydroxyl groups excluding tert-OH is 1. The van der Waals surface area contributed by atoms with Gasteiger partial charge in [0.05, 0.1) is 6.10 Å². The fourth-order valence-corrected chi connectivity index (χ4v) is 1.24. The van der Waals surface area contributed by atoms with Gasteiger partial charge in [-0.3, -0.25) is 0 Å². The molecule has 0 aliphatic heterocycles. The second kappa shape index (κ2) is 4.71. The zero-order valence-corrected chi connectivity index (χ0v) is 8.28. The lowest BCUT2D eigenvalue weighted by Crippen LogP contribution is -2.38. The van der Waals surface area contributed by atoms with E-state index in [1.54, 1.807) is 0 Å². The van der Waals surface area contributed by atoms with Gasteiger partial charge in [0, 0.05) is 6.42 Å². The highest BCUT2D eigenvalue weighted by molar-refractivity contribution is 5.28. The summed E-state index contributed by atoms with van der Waals surface area (Å²) < 4.78 is 36.4. The molecule has 0 unspecified atom stereocenters. The minimum Gasteiger partial charge on any atom is -0.508 e. The first kappa shape index (κ1) is 12.8. The van der Waals surface area contributed by atoms with Crippen LogP contribution < -0.4 is 5.73 Å². The van der Waals surface area contributed by atoms with Gasteiger partial charge >= 0.3 is 6.18 Å². The number of aliphatic hydroxyl groups is 1. The monoisotopic (exact) mass is 235 g/mol. The Balaban J connectivity index is 2.69. The maximum Gasteiger partial charge on any atom is 0.403 e. The Labute approximate surface area is 90.3 Å². The number of phenolic OH excluding ortho intramolecular Hbond substituents is 1. The predicted octanol–water partition coefficient (Wildman–Crippen LogP) is 1.71. The highest BCUT2D eigenvalue weighted by Crippen LogP contribution is 2.27. The molecule has 6 heteroatoms. The summed E-state index contributed by atoms with van der Waals surface area (Å²) in [5.74, 6) is -0.114. The molecule has 2 atom stereocenters. The Morgan fingerprint density at radius 2 is 1.94 bits per heavy atom. The van der Waals surface area contributed by atoms with Crippen molar-refractivity contribution in [3.63, 3.8) is 0 Å². The first-order chi connectivity index (χ1) is 7.30. The Hall–Kier alpha value is -1.27. The average Bonchev–Trinajstić information content (AvgIpc) is 2.16. The second-order valence-electron chi connectivity index (χ2n) is 3.49. The van der Waals surface area contributed by atoms with Crippen LogP contribution in [0.4, 0.5) is 13.2 Å². The van der Waals surface area contributed by atoms with Crippen molar-refractivity contribution in [2.24, 2.45) is 5.73 Å². The normalized spacial score (nSPS) is 15.8. The SMILES string of the molecule is N[C@H](C[C@H](O)c1cccc(O)c1)C(F)(F)F. The number of aromatic hydroxyl groups is 1. The summed E-state index contributed by atoms with van der Waals surface area (Å²) in [6.07, 6.45) is -6.51. The summed E-state index contributed by atoms with van der Waals surface area (Å²) in [6, 6.07) is 3.35. The molecule has 0 bridgehead atoms. The summed E-state index contributed by atoms with van der Waals surface area (Å²) in [7, 11) is 0. The molecule has 0 amide bonds. The summed E-state index contributed by atoms with van der Waals surface area (Å²) in [5.41, 5.74) is 5.09. The molecular weight excluding hydrogens is 223 g/mol. The highest BCUT2D eigenvalue weighted by Gasteiger charge is 2.37. The molecule has 0 saturated carbocycles. The minimum atomic E-state index is -4.53. The van der Waals surface area contributed by atoms with Crippen molar-refractivity contribution in [2.75, 3.05) is 0 Å². The van der Waals surface area contributed by atoms with Crippen LogP contribution in [0, 0.1) is 0 Å². The van der Waals surface area contributed by atoms with E-state index in [-0.39, 0.29) is 11.3 Å². The van der Waals surface area contributed by atoms with E-state index >= 15 is 0 Å². The van der Waals surface area contributed by atoms with Crippen LogP contribution in [-0.4, -0.2) is 22.4 Å². The van der Waals surface area contributed by atoms with Crippen molar-refractivity contribution >= 4 is 0 Å². The first-order valence-electron chi connectivity index (χ1n) is 4.60. The molecule has 0 fully saturated rings. The van der Waals surface area contributed by atoms with Crippen molar-refractivity contribution in [1.82, 2.24) is 0 Å². The van der Waals surface area contributed by atoms with Crippen LogP contribution in [0.25, 0.3) is 0 Å². The van der Waals surface area contributed by atoms with Gasteiger partial charge in [-0.25, -0.2) is 0 Å². The third kappa shape index (κ3) is 3.39. The van der Waals surface area contributed by atoms with Crippen LogP contribution in [0.3, 0.4) is 0 Å². The molecule has 1 aromatic carbocycles. The van der Waals surface area contributed by atoms with Crippen LogP contribution in [-0.2, 0) is 0 Å². The lowest BCUT2D eigenvalue weighted by Gasteiger charge is -2.19. The van der Waals surface area contributed by atoms with Gasteiger partial charge in [-0.2, -0.15) is 13.2 Å². The molecular formula is C10H12F3NO2. The van der Waals surface area contributed by atoms with E-state index in [9.17, 15) is 18.3 Å². The molecule has 1 rings (SSSR count). The highest BCUT2D eigenvalue weighted by atomic mass is 19.4. The topological polar surface area (TPSA) is 66.5 Å². The molecule has 16 heavy (non-hydrogen) atoms. The number of hydrogen-bond acceptors (Lipinski definition) is 3. The van der Waals surface area contributed by atoms with E-state index in [4.69, 9.17) is 10.8 Å². The molecule has 3 nitrogen and oxygen atoms in total. The maximum atomic E-state index is 12.1. The third-order valence-corrected chi connectivity index (χ3v) is 2.15. The summed E-state index contributed by atoms with van der Waals surface area (Å²) in [4.78, 5) is 0. The second-order valence-corrected chi connectivity index (χ2v) is 3.49. The number of nitrogens with two attached hydrogens (primary N) is 1. The van der Waals surface area contributed by atoms with Gasteiger partial charge in [-0.05, 0) is 17.7 Å². The zero-order valence-electron chi connectivity index (χ0n) is 8.28. The van der Waals surface area contributed by atoms with Crippen molar-refractivity contribution in [2.45, 2.75) is 24.7 Å². The molecule has 0 heterocycles. The number of phenols is 1. The van der Waals surface area contributed by atoms with Crippen molar-refractivity contribution in [3.05, 3.63) is 29.8 Å². The first-order valence-corrected chi connectivity index (χ1v) is 4.60. The number of hydrogen-bond donors (Lipinski definition) is 3. The van der Waals surface area contributed by atoms with E-state index in [2.05, 4.69) is 0 Å². The lowest BCUT2D eigenvalue weighted by atomic mass is 10.0. The van der Waals surface area contributed by atoms with Crippen molar-refractivity contribution in [1.29, 1.82) is 0 Å². The molecule has 0 spiro atoms. The largest absolute Gasteiger partial charge is 0.508 e. The Morgan fingerprint density at radius 3 is 2.44 bits per heavy atom. The van der Waals surface area contributed by atoms with Crippen LogP contribution in [0.5, 0.6) is 5.75 Å².